The van der Waals surface area contributed by atoms with Crippen molar-refractivity contribution in [2.45, 2.75) is 0 Å². The number of fused-ring (bicyclic) bond motifs is 3. The van der Waals surface area contributed by atoms with Crippen LogP contribution < -0.4 is 0 Å². The summed E-state index contributed by atoms with van der Waals surface area (Å²) < 4.78 is 49.3. The molecule has 0 N–H and O–H groups in total. The Morgan fingerprint density at radius 1 is 0.340 bits per heavy atom. The minimum absolute atomic E-state index is 0.206. The van der Waals surface area contributed by atoms with Gasteiger partial charge in [-0.25, -0.2) is 0 Å². The zero-order chi connectivity index (χ0) is 39.2. The zero-order valence-electron chi connectivity index (χ0n) is 33.5. The SMILES string of the molecule is [2H]c1c([2H])c([2H])c(-c2ccc3ccc4c(-c5cccc6oc7c(-c8cc(-c9ccccc9)cc(-c9ccccc9)c8)cccc7c56)ccc5ccc2c3c54)c([2H])c1[2H]. The van der Waals surface area contributed by atoms with Crippen LogP contribution in [-0.4, -0.2) is 0 Å². The molecule has 0 unspecified atom stereocenters. The highest BCUT2D eigenvalue weighted by Crippen LogP contribution is 2.46. The van der Waals surface area contributed by atoms with Gasteiger partial charge in [0.2, 0.25) is 0 Å². The lowest BCUT2D eigenvalue weighted by Gasteiger charge is -2.17. The van der Waals surface area contributed by atoms with Crippen LogP contribution in [0.15, 0.2) is 198 Å². The summed E-state index contributed by atoms with van der Waals surface area (Å²) in [4.78, 5) is 0. The van der Waals surface area contributed by atoms with Gasteiger partial charge in [-0.1, -0.05) is 170 Å². The predicted molar refractivity (Wildman–Crippen MR) is 225 cm³/mol. The maximum Gasteiger partial charge on any atom is 0.143 e. The molecule has 1 aromatic heterocycles. The molecule has 53 heavy (non-hydrogen) atoms. The Balaban J connectivity index is 1.13. The smallest absolute Gasteiger partial charge is 0.143 e. The van der Waals surface area contributed by atoms with Gasteiger partial charge in [-0.15, -0.1) is 0 Å². The van der Waals surface area contributed by atoms with Crippen LogP contribution in [0, 0.1) is 0 Å². The van der Waals surface area contributed by atoms with Gasteiger partial charge in [-0.2, -0.15) is 0 Å². The highest BCUT2D eigenvalue weighted by atomic mass is 16.3. The monoisotopic (exact) mass is 677 g/mol. The van der Waals surface area contributed by atoms with Crippen molar-refractivity contribution in [1.82, 2.24) is 0 Å². The van der Waals surface area contributed by atoms with Crippen LogP contribution in [0.3, 0.4) is 0 Å². The first-order valence-corrected chi connectivity index (χ1v) is 17.8. The Labute approximate surface area is 314 Å². The van der Waals surface area contributed by atoms with Gasteiger partial charge in [-0.3, -0.25) is 0 Å². The molecule has 0 spiro atoms. The van der Waals surface area contributed by atoms with Crippen LogP contribution in [0.1, 0.15) is 6.85 Å². The van der Waals surface area contributed by atoms with E-state index < -0.39 is 6.04 Å². The van der Waals surface area contributed by atoms with Gasteiger partial charge in [0, 0.05) is 16.3 Å². The molecule has 0 bridgehead atoms. The molecule has 0 saturated carbocycles. The molecule has 10 aromatic carbocycles. The fourth-order valence-electron chi connectivity index (χ4n) is 8.32. The van der Waals surface area contributed by atoms with Gasteiger partial charge in [0.15, 0.2) is 0 Å². The summed E-state index contributed by atoms with van der Waals surface area (Å²) >= 11 is 0. The fraction of sp³-hybridized carbons (Fsp3) is 0. The van der Waals surface area contributed by atoms with E-state index in [2.05, 4.69) is 127 Å². The maximum absolute atomic E-state index is 8.77. The van der Waals surface area contributed by atoms with Crippen molar-refractivity contribution < 1.29 is 11.3 Å². The fourth-order valence-corrected chi connectivity index (χ4v) is 8.32. The summed E-state index contributed by atoms with van der Waals surface area (Å²) in [7, 11) is 0. The van der Waals surface area contributed by atoms with Crippen LogP contribution in [-0.2, 0) is 0 Å². The molecule has 0 aliphatic heterocycles. The molecule has 1 nitrogen and oxygen atoms in total. The van der Waals surface area contributed by atoms with Crippen molar-refractivity contribution in [3.63, 3.8) is 0 Å². The molecule has 0 amide bonds. The molecule has 0 fully saturated rings. The van der Waals surface area contributed by atoms with Crippen molar-refractivity contribution in [1.29, 1.82) is 0 Å². The van der Waals surface area contributed by atoms with E-state index in [1.807, 2.05) is 36.4 Å². The quantitative estimate of drug-likeness (QED) is 0.165. The number of rotatable bonds is 5. The van der Waals surface area contributed by atoms with E-state index >= 15 is 0 Å². The second-order valence-electron chi connectivity index (χ2n) is 13.6. The Bertz CT molecular complexity index is 3360. The van der Waals surface area contributed by atoms with Gasteiger partial charge in [-0.05, 0) is 107 Å². The lowest BCUT2D eigenvalue weighted by Crippen LogP contribution is -1.89. The summed E-state index contributed by atoms with van der Waals surface area (Å²) in [5, 5.41) is 8.13. The first-order valence-electron chi connectivity index (χ1n) is 20.3. The Kier molecular flexibility index (Phi) is 5.58. The van der Waals surface area contributed by atoms with E-state index in [4.69, 9.17) is 11.3 Å². The van der Waals surface area contributed by atoms with Crippen LogP contribution in [0.2, 0.25) is 0 Å². The van der Waals surface area contributed by atoms with Crippen molar-refractivity contribution in [3.8, 4) is 55.6 Å². The van der Waals surface area contributed by atoms with Gasteiger partial charge in [0.1, 0.15) is 11.2 Å². The summed E-state index contributed by atoms with van der Waals surface area (Å²) in [5.41, 5.74) is 11.2. The molecule has 1 heterocycles. The largest absolute Gasteiger partial charge is 0.455 e. The summed E-state index contributed by atoms with van der Waals surface area (Å²) in [5.74, 6) is 0. The topological polar surface area (TPSA) is 13.1 Å². The highest BCUT2D eigenvalue weighted by molar-refractivity contribution is 6.29. The first-order chi connectivity index (χ1) is 28.4. The second-order valence-corrected chi connectivity index (χ2v) is 13.6. The number of hydrogen-bond acceptors (Lipinski definition) is 1. The average molecular weight is 678 g/mol. The van der Waals surface area contributed by atoms with Crippen LogP contribution >= 0.6 is 0 Å². The molecule has 0 saturated heterocycles. The molecule has 1 heteroatoms. The molecule has 246 valence electrons. The third-order valence-electron chi connectivity index (χ3n) is 10.7. The standard InChI is InChI=1S/C52H32O/c1-4-12-33(13-5-1)38-30-39(34-14-6-2-7-15-34)32-40(31-38)42-18-10-20-47-51-44(19-11-21-48(51)53-52(42)47)43-27-23-37-24-28-45-41(35-16-8-3-9-17-35)26-22-36-25-29-46(43)50(37)49(36)45/h1-32H/i3D,8D,9D,16D,17D. The lowest BCUT2D eigenvalue weighted by atomic mass is 9.86. The average Bonchev–Trinajstić information content (AvgIpc) is 3.67. The van der Waals surface area contributed by atoms with E-state index in [-0.39, 0.29) is 29.7 Å². The predicted octanol–water partition coefficient (Wildman–Crippen LogP) is 14.8. The van der Waals surface area contributed by atoms with E-state index in [9.17, 15) is 0 Å². The van der Waals surface area contributed by atoms with Crippen molar-refractivity contribution in [3.05, 3.63) is 194 Å². The Hall–Kier alpha value is -6.96. The number of hydrogen-bond donors (Lipinski definition) is 0. The Morgan fingerprint density at radius 3 is 1.58 bits per heavy atom. The van der Waals surface area contributed by atoms with E-state index in [0.717, 1.165) is 98.8 Å². The lowest BCUT2D eigenvalue weighted by molar-refractivity contribution is 0.670. The molecular formula is C52H32O. The number of para-hydroxylation sites is 1. The molecule has 11 rings (SSSR count). The van der Waals surface area contributed by atoms with E-state index in [0.29, 0.717) is 5.56 Å². The summed E-state index contributed by atoms with van der Waals surface area (Å²) in [6.45, 7) is 0. The Morgan fingerprint density at radius 2 is 0.906 bits per heavy atom. The van der Waals surface area contributed by atoms with Crippen molar-refractivity contribution >= 4 is 54.3 Å². The normalized spacial score (nSPS) is 13.1. The molecule has 0 radical (unpaired) electrons. The number of benzene rings is 10. The van der Waals surface area contributed by atoms with Crippen molar-refractivity contribution in [2.75, 3.05) is 0 Å². The molecule has 0 atom stereocenters. The van der Waals surface area contributed by atoms with E-state index in [1.165, 1.54) is 0 Å². The third-order valence-corrected chi connectivity index (χ3v) is 10.7. The van der Waals surface area contributed by atoms with Gasteiger partial charge < -0.3 is 4.42 Å². The zero-order valence-corrected chi connectivity index (χ0v) is 28.5. The minimum atomic E-state index is -0.396. The molecule has 11 aromatic rings. The van der Waals surface area contributed by atoms with Crippen molar-refractivity contribution in [2.24, 2.45) is 0 Å². The number of furan rings is 1. The van der Waals surface area contributed by atoms with Gasteiger partial charge in [0.05, 0.1) is 6.85 Å². The second kappa shape index (κ2) is 11.8. The maximum atomic E-state index is 8.77. The van der Waals surface area contributed by atoms with Crippen LogP contribution in [0.5, 0.6) is 0 Å². The molecule has 0 aliphatic carbocycles. The molecule has 0 aliphatic rings. The van der Waals surface area contributed by atoms with E-state index in [1.54, 1.807) is 0 Å². The van der Waals surface area contributed by atoms with Gasteiger partial charge >= 0.3 is 0 Å². The van der Waals surface area contributed by atoms with Crippen LogP contribution in [0.25, 0.3) is 110 Å². The summed E-state index contributed by atoms with van der Waals surface area (Å²) in [6, 6.07) is 55.5. The highest BCUT2D eigenvalue weighted by Gasteiger charge is 2.20. The third kappa shape index (κ3) is 4.71. The molecular weight excluding hydrogens is 641 g/mol. The minimum Gasteiger partial charge on any atom is -0.455 e. The van der Waals surface area contributed by atoms with Crippen LogP contribution in [0.4, 0.5) is 0 Å². The summed E-state index contributed by atoms with van der Waals surface area (Å²) in [6.07, 6.45) is 0. The van der Waals surface area contributed by atoms with Gasteiger partial charge in [0.25, 0.3) is 0 Å². The first kappa shape index (κ1) is 25.1.